The quantitative estimate of drug-likeness (QED) is 0.524. The van der Waals surface area contributed by atoms with Crippen molar-refractivity contribution in [2.45, 2.75) is 10.2 Å². The van der Waals surface area contributed by atoms with Gasteiger partial charge in [0, 0.05) is 12.4 Å². The minimum atomic E-state index is 0.639. The van der Waals surface area contributed by atoms with E-state index in [9.17, 15) is 0 Å². The smallest absolute Gasteiger partial charge is 0.194 e. The number of hydrogen-bond donors (Lipinski definition) is 0. The zero-order valence-corrected chi connectivity index (χ0v) is 11.0. The average molecular weight is 280 g/mol. The van der Waals surface area contributed by atoms with Crippen molar-refractivity contribution < 1.29 is 0 Å². The number of nitrogens with zero attached hydrogens (tertiary/aromatic N) is 6. The van der Waals surface area contributed by atoms with Crippen LogP contribution in [0.15, 0.2) is 59.2 Å². The number of fused-ring (bicyclic) bond motifs is 3. The fraction of sp³-hybridized carbons (Fsp3) is 0. The Morgan fingerprint density at radius 3 is 2.75 bits per heavy atom. The lowest BCUT2D eigenvalue weighted by Crippen LogP contribution is -1.95. The molecule has 0 N–H and O–H groups in total. The largest absolute Gasteiger partial charge is 0.278 e. The molecule has 0 aliphatic heterocycles. The van der Waals surface area contributed by atoms with Crippen LogP contribution in [-0.4, -0.2) is 29.5 Å². The van der Waals surface area contributed by atoms with Crippen molar-refractivity contribution in [1.82, 2.24) is 29.5 Å². The molecule has 3 heterocycles. The van der Waals surface area contributed by atoms with Gasteiger partial charge in [-0.2, -0.15) is 0 Å². The van der Waals surface area contributed by atoms with Gasteiger partial charge >= 0.3 is 0 Å². The molecule has 0 radical (unpaired) electrons. The second kappa shape index (κ2) is 4.53. The monoisotopic (exact) mass is 280 g/mol. The van der Waals surface area contributed by atoms with Crippen LogP contribution in [0, 0.1) is 0 Å². The normalized spacial score (nSPS) is 11.2. The van der Waals surface area contributed by atoms with Gasteiger partial charge in [0.15, 0.2) is 10.8 Å². The predicted octanol–water partition coefficient (Wildman–Crippen LogP) is 2.22. The van der Waals surface area contributed by atoms with Gasteiger partial charge < -0.3 is 0 Å². The van der Waals surface area contributed by atoms with Gasteiger partial charge in [-0.05, 0) is 30.0 Å². The maximum absolute atomic E-state index is 4.63. The van der Waals surface area contributed by atoms with E-state index in [1.165, 1.54) is 11.8 Å². The molecule has 96 valence electrons. The molecule has 0 spiro atoms. The van der Waals surface area contributed by atoms with E-state index >= 15 is 0 Å². The van der Waals surface area contributed by atoms with Crippen LogP contribution in [-0.2, 0) is 0 Å². The van der Waals surface area contributed by atoms with E-state index in [2.05, 4.69) is 25.1 Å². The summed E-state index contributed by atoms with van der Waals surface area (Å²) in [7, 11) is 0. The van der Waals surface area contributed by atoms with Crippen LogP contribution < -0.4 is 0 Å². The number of hydrogen-bond acceptors (Lipinski definition) is 6. The topological polar surface area (TPSA) is 68.9 Å². The third kappa shape index (κ3) is 1.79. The van der Waals surface area contributed by atoms with Crippen LogP contribution >= 0.6 is 11.8 Å². The van der Waals surface area contributed by atoms with E-state index in [0.717, 1.165) is 16.1 Å². The Morgan fingerprint density at radius 1 is 1.00 bits per heavy atom. The van der Waals surface area contributed by atoms with Crippen molar-refractivity contribution in [3.8, 4) is 0 Å². The fourth-order valence-corrected chi connectivity index (χ4v) is 2.75. The molecule has 0 bridgehead atoms. The molecule has 6 nitrogen and oxygen atoms in total. The molecule has 0 atom stereocenters. The van der Waals surface area contributed by atoms with E-state index < -0.39 is 0 Å². The lowest BCUT2D eigenvalue weighted by atomic mass is 10.3. The van der Waals surface area contributed by atoms with Gasteiger partial charge in [-0.1, -0.05) is 12.1 Å². The third-order valence-electron chi connectivity index (χ3n) is 2.83. The summed E-state index contributed by atoms with van der Waals surface area (Å²) in [5.74, 6) is 0. The van der Waals surface area contributed by atoms with Crippen LogP contribution in [0.5, 0.6) is 0 Å². The molecular formula is C13H8N6S. The SMILES string of the molecule is c1cnc(Sc2nc3ccccc3n3cnnc23)nc1. The van der Waals surface area contributed by atoms with Gasteiger partial charge in [-0.3, -0.25) is 4.40 Å². The molecule has 0 fully saturated rings. The Balaban J connectivity index is 1.95. The van der Waals surface area contributed by atoms with Crippen LogP contribution in [0.25, 0.3) is 16.7 Å². The Kier molecular flexibility index (Phi) is 2.56. The Morgan fingerprint density at radius 2 is 1.85 bits per heavy atom. The lowest BCUT2D eigenvalue weighted by Gasteiger charge is -2.04. The maximum atomic E-state index is 4.63. The average Bonchev–Trinajstić information content (AvgIpc) is 2.98. The summed E-state index contributed by atoms with van der Waals surface area (Å²) < 4.78 is 1.92. The molecule has 0 unspecified atom stereocenters. The molecule has 20 heavy (non-hydrogen) atoms. The number of aromatic nitrogens is 6. The zero-order valence-electron chi connectivity index (χ0n) is 10.2. The highest BCUT2D eigenvalue weighted by molar-refractivity contribution is 7.99. The number of para-hydroxylation sites is 2. The van der Waals surface area contributed by atoms with Crippen molar-refractivity contribution in [1.29, 1.82) is 0 Å². The Labute approximate surface area is 117 Å². The molecular weight excluding hydrogens is 272 g/mol. The zero-order chi connectivity index (χ0) is 13.4. The molecule has 0 aliphatic rings. The summed E-state index contributed by atoms with van der Waals surface area (Å²) in [5, 5.41) is 9.49. The van der Waals surface area contributed by atoms with Crippen LogP contribution in [0.1, 0.15) is 0 Å². The van der Waals surface area contributed by atoms with E-state index in [-0.39, 0.29) is 0 Å². The minimum absolute atomic E-state index is 0.639. The number of benzene rings is 1. The van der Waals surface area contributed by atoms with Crippen molar-refractivity contribution in [3.05, 3.63) is 49.1 Å². The molecule has 1 aromatic carbocycles. The summed E-state index contributed by atoms with van der Waals surface area (Å²) in [5.41, 5.74) is 2.57. The van der Waals surface area contributed by atoms with Crippen LogP contribution in [0.2, 0.25) is 0 Å². The van der Waals surface area contributed by atoms with Crippen molar-refractivity contribution in [2.75, 3.05) is 0 Å². The van der Waals surface area contributed by atoms with Gasteiger partial charge in [-0.15, -0.1) is 10.2 Å². The van der Waals surface area contributed by atoms with E-state index in [4.69, 9.17) is 0 Å². The second-order valence-corrected chi connectivity index (χ2v) is 5.02. The van der Waals surface area contributed by atoms with Crippen molar-refractivity contribution >= 4 is 28.4 Å². The first-order valence-corrected chi connectivity index (χ1v) is 6.77. The van der Waals surface area contributed by atoms with Gasteiger partial charge in [0.25, 0.3) is 0 Å². The van der Waals surface area contributed by atoms with Crippen molar-refractivity contribution in [3.63, 3.8) is 0 Å². The first kappa shape index (κ1) is 11.3. The van der Waals surface area contributed by atoms with E-state index in [0.29, 0.717) is 10.8 Å². The molecule has 3 aromatic heterocycles. The van der Waals surface area contributed by atoms with Crippen LogP contribution in [0.4, 0.5) is 0 Å². The molecule has 0 saturated carbocycles. The highest BCUT2D eigenvalue weighted by atomic mass is 32.2. The molecule has 0 aliphatic carbocycles. The first-order valence-electron chi connectivity index (χ1n) is 5.95. The Hall–Kier alpha value is -2.54. The summed E-state index contributed by atoms with van der Waals surface area (Å²) in [4.78, 5) is 13.0. The first-order chi connectivity index (χ1) is 9.92. The maximum Gasteiger partial charge on any atom is 0.194 e. The second-order valence-electron chi connectivity index (χ2n) is 4.06. The summed E-state index contributed by atoms with van der Waals surface area (Å²) in [6.45, 7) is 0. The summed E-state index contributed by atoms with van der Waals surface area (Å²) in [6, 6.07) is 9.66. The molecule has 4 aromatic rings. The van der Waals surface area contributed by atoms with Crippen molar-refractivity contribution in [2.24, 2.45) is 0 Å². The predicted molar refractivity (Wildman–Crippen MR) is 74.4 cm³/mol. The van der Waals surface area contributed by atoms with Gasteiger partial charge in [0.2, 0.25) is 0 Å². The highest BCUT2D eigenvalue weighted by Crippen LogP contribution is 2.27. The molecule has 4 rings (SSSR count). The minimum Gasteiger partial charge on any atom is -0.278 e. The fourth-order valence-electron chi connectivity index (χ4n) is 1.97. The molecule has 0 saturated heterocycles. The van der Waals surface area contributed by atoms with Gasteiger partial charge in [-0.25, -0.2) is 15.0 Å². The third-order valence-corrected chi connectivity index (χ3v) is 3.69. The van der Waals surface area contributed by atoms with Crippen LogP contribution in [0.3, 0.4) is 0 Å². The van der Waals surface area contributed by atoms with Gasteiger partial charge in [0.1, 0.15) is 11.4 Å². The van der Waals surface area contributed by atoms with E-state index in [1.54, 1.807) is 24.8 Å². The highest BCUT2D eigenvalue weighted by Gasteiger charge is 2.12. The standard InChI is InChI=1S/C13H8N6S/c1-2-5-10-9(4-1)17-12(11-18-16-8-19(10)11)20-13-14-6-3-7-15-13/h1-8H. The Bertz CT molecular complexity index is 889. The van der Waals surface area contributed by atoms with Gasteiger partial charge in [0.05, 0.1) is 11.0 Å². The number of rotatable bonds is 2. The van der Waals surface area contributed by atoms with E-state index in [1.807, 2.05) is 28.7 Å². The lowest BCUT2D eigenvalue weighted by molar-refractivity contribution is 0.960. The summed E-state index contributed by atoms with van der Waals surface area (Å²) >= 11 is 1.38. The summed E-state index contributed by atoms with van der Waals surface area (Å²) in [6.07, 6.45) is 5.10. The molecule has 0 amide bonds. The molecule has 7 heteroatoms.